The number of nitrogens with zero attached hydrogens (tertiary/aromatic N) is 4. The van der Waals surface area contributed by atoms with Crippen molar-refractivity contribution in [3.8, 4) is 17.4 Å². The molecule has 3 aromatic rings. The third-order valence-corrected chi connectivity index (χ3v) is 2.97. The highest BCUT2D eigenvalue weighted by Crippen LogP contribution is 2.20. The minimum absolute atomic E-state index is 0.115. The number of amides is 1. The van der Waals surface area contributed by atoms with Crippen LogP contribution in [0.15, 0.2) is 47.3 Å². The van der Waals surface area contributed by atoms with Gasteiger partial charge in [0, 0.05) is 24.4 Å². The van der Waals surface area contributed by atoms with E-state index < -0.39 is 0 Å². The van der Waals surface area contributed by atoms with Gasteiger partial charge < -0.3 is 9.73 Å². The summed E-state index contributed by atoms with van der Waals surface area (Å²) in [6.07, 6.45) is 4.97. The van der Waals surface area contributed by atoms with Crippen LogP contribution in [0.4, 0.5) is 5.82 Å². The van der Waals surface area contributed by atoms with Gasteiger partial charge in [-0.2, -0.15) is 5.10 Å². The third kappa shape index (κ3) is 2.88. The van der Waals surface area contributed by atoms with Crippen molar-refractivity contribution in [3.05, 3.63) is 42.9 Å². The van der Waals surface area contributed by atoms with Crippen LogP contribution in [-0.4, -0.2) is 25.7 Å². The molecule has 3 rings (SSSR count). The summed E-state index contributed by atoms with van der Waals surface area (Å²) >= 11 is 0. The Bertz CT molecular complexity index is 711. The monoisotopic (exact) mass is 297 g/mol. The molecule has 0 saturated heterocycles. The van der Waals surface area contributed by atoms with Crippen molar-refractivity contribution in [2.24, 2.45) is 5.92 Å². The fourth-order valence-electron chi connectivity index (χ4n) is 1.81. The van der Waals surface area contributed by atoms with E-state index in [2.05, 4.69) is 20.4 Å². The van der Waals surface area contributed by atoms with Gasteiger partial charge in [0.25, 0.3) is 0 Å². The minimum Gasteiger partial charge on any atom is -0.461 e. The lowest BCUT2D eigenvalue weighted by Gasteiger charge is -2.10. The highest BCUT2D eigenvalue weighted by atomic mass is 16.3. The Balaban J connectivity index is 2.04. The lowest BCUT2D eigenvalue weighted by atomic mass is 10.2. The van der Waals surface area contributed by atoms with Crippen molar-refractivity contribution in [3.63, 3.8) is 0 Å². The number of hydrogen-bond donors (Lipinski definition) is 1. The average molecular weight is 297 g/mol. The summed E-state index contributed by atoms with van der Waals surface area (Å²) in [4.78, 5) is 20.6. The van der Waals surface area contributed by atoms with Crippen LogP contribution in [0.25, 0.3) is 17.4 Å². The number of furan rings is 1. The predicted molar refractivity (Wildman–Crippen MR) is 80.3 cm³/mol. The largest absolute Gasteiger partial charge is 0.461 e. The maximum atomic E-state index is 11.9. The lowest BCUT2D eigenvalue weighted by molar-refractivity contribution is -0.118. The summed E-state index contributed by atoms with van der Waals surface area (Å²) < 4.78 is 6.93. The predicted octanol–water partition coefficient (Wildman–Crippen LogP) is 2.52. The van der Waals surface area contributed by atoms with Gasteiger partial charge in [-0.15, -0.1) is 0 Å². The first kappa shape index (κ1) is 14.0. The summed E-state index contributed by atoms with van der Waals surface area (Å²) in [6.45, 7) is 3.64. The molecule has 22 heavy (non-hydrogen) atoms. The van der Waals surface area contributed by atoms with Gasteiger partial charge >= 0.3 is 0 Å². The van der Waals surface area contributed by atoms with E-state index in [1.54, 1.807) is 47.6 Å². The molecule has 7 nitrogen and oxygen atoms in total. The first-order valence-corrected chi connectivity index (χ1v) is 6.87. The molecule has 1 N–H and O–H groups in total. The second-order valence-corrected chi connectivity index (χ2v) is 5.01. The number of carbonyl (C=O) groups is 1. The van der Waals surface area contributed by atoms with Gasteiger partial charge in [0.1, 0.15) is 5.82 Å². The molecular weight excluding hydrogens is 282 g/mol. The number of carbonyl (C=O) groups excluding carboxylic acids is 1. The van der Waals surface area contributed by atoms with Crippen LogP contribution in [0.1, 0.15) is 13.8 Å². The average Bonchev–Trinajstić information content (AvgIpc) is 3.20. The quantitative estimate of drug-likeness (QED) is 0.799. The molecular formula is C15H15N5O2. The SMILES string of the molecule is CC(C)C(=O)Nc1cc(-n2cccn2)nc(-c2ccco2)n1. The molecule has 0 unspecified atom stereocenters. The van der Waals surface area contributed by atoms with Crippen molar-refractivity contribution >= 4 is 11.7 Å². The summed E-state index contributed by atoms with van der Waals surface area (Å²) in [5.74, 6) is 1.60. The number of nitrogens with one attached hydrogen (secondary N) is 1. The maximum absolute atomic E-state index is 11.9. The summed E-state index contributed by atoms with van der Waals surface area (Å²) in [5.41, 5.74) is 0. The Morgan fingerprint density at radius 1 is 1.32 bits per heavy atom. The molecule has 0 radical (unpaired) electrons. The molecule has 3 aromatic heterocycles. The molecule has 3 heterocycles. The molecule has 112 valence electrons. The van der Waals surface area contributed by atoms with Crippen LogP contribution in [0.2, 0.25) is 0 Å². The zero-order chi connectivity index (χ0) is 15.5. The highest BCUT2D eigenvalue weighted by Gasteiger charge is 2.14. The minimum atomic E-state index is -0.143. The van der Waals surface area contributed by atoms with Crippen LogP contribution in [0.5, 0.6) is 0 Å². The first-order chi connectivity index (χ1) is 10.6. The highest BCUT2D eigenvalue weighted by molar-refractivity contribution is 5.91. The molecule has 0 bridgehead atoms. The van der Waals surface area contributed by atoms with Gasteiger partial charge in [-0.3, -0.25) is 4.79 Å². The number of rotatable bonds is 4. The molecule has 0 atom stereocenters. The van der Waals surface area contributed by atoms with Crippen molar-refractivity contribution < 1.29 is 9.21 Å². The van der Waals surface area contributed by atoms with Gasteiger partial charge in [-0.1, -0.05) is 13.8 Å². The molecule has 0 aromatic carbocycles. The standard InChI is InChI=1S/C15H15N5O2/c1-10(2)15(21)18-12-9-13(20-7-4-6-16-20)19-14(17-12)11-5-3-8-22-11/h3-10H,1-2H3,(H,17,18,19,21). The molecule has 0 aliphatic rings. The van der Waals surface area contributed by atoms with Gasteiger partial charge in [0.2, 0.25) is 5.91 Å². The summed E-state index contributed by atoms with van der Waals surface area (Å²) in [5, 5.41) is 6.92. The Morgan fingerprint density at radius 2 is 2.18 bits per heavy atom. The van der Waals surface area contributed by atoms with Crippen molar-refractivity contribution in [1.29, 1.82) is 0 Å². The van der Waals surface area contributed by atoms with E-state index in [1.807, 2.05) is 13.8 Å². The van der Waals surface area contributed by atoms with Crippen molar-refractivity contribution in [1.82, 2.24) is 19.7 Å². The van der Waals surface area contributed by atoms with Gasteiger partial charge in [-0.25, -0.2) is 14.6 Å². The Hall–Kier alpha value is -2.96. The van der Waals surface area contributed by atoms with Crippen LogP contribution < -0.4 is 5.32 Å². The molecule has 7 heteroatoms. The zero-order valence-electron chi connectivity index (χ0n) is 12.2. The fraction of sp³-hybridized carbons (Fsp3) is 0.200. The first-order valence-electron chi connectivity index (χ1n) is 6.87. The Kier molecular flexibility index (Phi) is 3.69. The van der Waals surface area contributed by atoms with Crippen molar-refractivity contribution in [2.75, 3.05) is 5.32 Å². The maximum Gasteiger partial charge on any atom is 0.228 e. The molecule has 1 amide bonds. The topological polar surface area (TPSA) is 85.8 Å². The third-order valence-electron chi connectivity index (χ3n) is 2.97. The normalized spacial score (nSPS) is 10.9. The molecule has 0 saturated carbocycles. The van der Waals surface area contributed by atoms with E-state index in [1.165, 1.54) is 0 Å². The number of aromatic nitrogens is 4. The second kappa shape index (κ2) is 5.80. The van der Waals surface area contributed by atoms with E-state index in [9.17, 15) is 4.79 Å². The molecule has 0 fully saturated rings. The number of anilines is 1. The van der Waals surface area contributed by atoms with E-state index in [0.29, 0.717) is 23.2 Å². The van der Waals surface area contributed by atoms with E-state index in [0.717, 1.165) is 0 Å². The van der Waals surface area contributed by atoms with Gasteiger partial charge in [0.05, 0.1) is 6.26 Å². The molecule has 0 aliphatic heterocycles. The van der Waals surface area contributed by atoms with E-state index in [-0.39, 0.29) is 11.8 Å². The lowest BCUT2D eigenvalue weighted by Crippen LogP contribution is -2.19. The van der Waals surface area contributed by atoms with Crippen LogP contribution >= 0.6 is 0 Å². The smallest absolute Gasteiger partial charge is 0.228 e. The number of hydrogen-bond acceptors (Lipinski definition) is 5. The van der Waals surface area contributed by atoms with Crippen LogP contribution in [0, 0.1) is 5.92 Å². The Morgan fingerprint density at radius 3 is 2.82 bits per heavy atom. The summed E-state index contributed by atoms with van der Waals surface area (Å²) in [7, 11) is 0. The Labute approximate surface area is 127 Å². The van der Waals surface area contributed by atoms with Crippen LogP contribution in [-0.2, 0) is 4.79 Å². The molecule has 0 aliphatic carbocycles. The van der Waals surface area contributed by atoms with Crippen molar-refractivity contribution in [2.45, 2.75) is 13.8 Å². The van der Waals surface area contributed by atoms with Crippen LogP contribution in [0.3, 0.4) is 0 Å². The summed E-state index contributed by atoms with van der Waals surface area (Å²) in [6, 6.07) is 6.97. The van der Waals surface area contributed by atoms with Gasteiger partial charge in [-0.05, 0) is 18.2 Å². The van der Waals surface area contributed by atoms with E-state index >= 15 is 0 Å². The second-order valence-electron chi connectivity index (χ2n) is 5.01. The zero-order valence-corrected chi connectivity index (χ0v) is 12.2. The van der Waals surface area contributed by atoms with E-state index in [4.69, 9.17) is 4.42 Å². The fourth-order valence-corrected chi connectivity index (χ4v) is 1.81. The van der Waals surface area contributed by atoms with Gasteiger partial charge in [0.15, 0.2) is 17.4 Å². The molecule has 0 spiro atoms.